The van der Waals surface area contributed by atoms with Crippen molar-refractivity contribution < 1.29 is 14.3 Å². The Morgan fingerprint density at radius 1 is 1.14 bits per heavy atom. The molecule has 0 radical (unpaired) electrons. The number of halogens is 1. The molecule has 1 aliphatic heterocycles. The van der Waals surface area contributed by atoms with Gasteiger partial charge in [0, 0.05) is 40.2 Å². The highest BCUT2D eigenvalue weighted by Gasteiger charge is 2.40. The largest absolute Gasteiger partial charge is 0.465 e. The highest BCUT2D eigenvalue weighted by atomic mass is 28.3. The topological polar surface area (TPSA) is 43.8 Å². The summed E-state index contributed by atoms with van der Waals surface area (Å²) in [7, 11) is -1.38. The second kappa shape index (κ2) is 9.09. The molecule has 1 aliphatic rings. The predicted octanol–water partition coefficient (Wildman–Crippen LogP) is 5.11. The maximum absolute atomic E-state index is 13.9. The number of benzene rings is 2. The second-order valence-electron chi connectivity index (χ2n) is 9.20. The van der Waals surface area contributed by atoms with E-state index in [1.807, 2.05) is 24.3 Å². The molecule has 2 atom stereocenters. The van der Waals surface area contributed by atoms with Crippen LogP contribution in [0.4, 0.5) is 9.18 Å². The molecule has 156 valence electrons. The van der Waals surface area contributed by atoms with Crippen molar-refractivity contribution >= 4 is 14.2 Å². The van der Waals surface area contributed by atoms with Gasteiger partial charge in [-0.05, 0) is 29.3 Å². The van der Waals surface area contributed by atoms with Gasteiger partial charge in [0.1, 0.15) is 5.82 Å². The highest BCUT2D eigenvalue weighted by Crippen LogP contribution is 2.33. The number of amides is 1. The van der Waals surface area contributed by atoms with E-state index < -0.39 is 14.2 Å². The Bertz CT molecular complexity index is 825. The Hall–Kier alpha value is -2.18. The number of carboxylic acid groups (broad SMARTS) is 1. The molecular weight excluding hydrogens is 383 g/mol. The van der Waals surface area contributed by atoms with Crippen LogP contribution in [0.3, 0.4) is 0 Å². The molecule has 0 aliphatic carbocycles. The number of hydrogen-bond acceptors (Lipinski definition) is 2. The fourth-order valence-electron chi connectivity index (χ4n) is 4.08. The molecule has 2 aromatic rings. The van der Waals surface area contributed by atoms with Crippen LogP contribution in [0.15, 0.2) is 54.6 Å². The summed E-state index contributed by atoms with van der Waals surface area (Å²) in [4.78, 5) is 16.1. The first kappa shape index (κ1) is 21.5. The third-order valence-corrected chi connectivity index (χ3v) is 7.36. The fraction of sp³-hybridized carbons (Fsp3) is 0.435. The van der Waals surface area contributed by atoms with E-state index in [2.05, 4.69) is 36.7 Å². The predicted molar refractivity (Wildman–Crippen MR) is 118 cm³/mol. The minimum Gasteiger partial charge on any atom is -0.465 e. The third kappa shape index (κ3) is 5.90. The van der Waals surface area contributed by atoms with Crippen LogP contribution in [-0.2, 0) is 6.54 Å². The number of nitrogens with zero attached hydrogens (tertiary/aromatic N) is 2. The molecule has 6 heteroatoms. The lowest BCUT2D eigenvalue weighted by atomic mass is 9.93. The van der Waals surface area contributed by atoms with Crippen LogP contribution >= 0.6 is 0 Å². The summed E-state index contributed by atoms with van der Waals surface area (Å²) in [6.07, 6.45) is -0.879. The molecule has 29 heavy (non-hydrogen) atoms. The molecule has 0 saturated carbocycles. The zero-order valence-electron chi connectivity index (χ0n) is 17.5. The van der Waals surface area contributed by atoms with Crippen LogP contribution in [0.1, 0.15) is 17.0 Å². The van der Waals surface area contributed by atoms with Crippen molar-refractivity contribution in [3.8, 4) is 0 Å². The van der Waals surface area contributed by atoms with Gasteiger partial charge < -0.3 is 10.0 Å². The van der Waals surface area contributed by atoms with E-state index in [1.54, 1.807) is 17.0 Å². The first-order valence-corrected chi connectivity index (χ1v) is 13.9. The van der Waals surface area contributed by atoms with Gasteiger partial charge in [-0.1, -0.05) is 62.1 Å². The first-order valence-electron chi connectivity index (χ1n) is 10.2. The molecule has 4 nitrogen and oxygen atoms in total. The van der Waals surface area contributed by atoms with Gasteiger partial charge >= 0.3 is 6.09 Å². The number of likely N-dealkylation sites (tertiary alicyclic amines) is 1. The maximum Gasteiger partial charge on any atom is 0.407 e. The summed E-state index contributed by atoms with van der Waals surface area (Å²) in [5.74, 6) is -0.307. The molecular formula is C23H31FN2O2Si. The Morgan fingerprint density at radius 2 is 1.86 bits per heavy atom. The van der Waals surface area contributed by atoms with Crippen molar-refractivity contribution in [2.75, 3.05) is 19.6 Å². The van der Waals surface area contributed by atoms with Crippen LogP contribution in [0, 0.1) is 5.82 Å². The first-order chi connectivity index (χ1) is 13.7. The number of hydrogen-bond donors (Lipinski definition) is 1. The van der Waals surface area contributed by atoms with E-state index in [1.165, 1.54) is 11.6 Å². The normalized spacial score (nSPS) is 20.0. The van der Waals surface area contributed by atoms with E-state index in [-0.39, 0.29) is 17.8 Å². The molecule has 2 aromatic carbocycles. The van der Waals surface area contributed by atoms with E-state index in [9.17, 15) is 14.3 Å². The minimum absolute atomic E-state index is 0.0350. The van der Waals surface area contributed by atoms with Gasteiger partial charge in [0.25, 0.3) is 0 Å². The standard InChI is InChI=1S/C23H31FN2O2Si/c1-29(2,3)13-12-26(23(27)28)22-17-25(15-18-8-5-4-6-9-18)16-21(22)19-10-7-11-20(24)14-19/h4-11,14,21-22H,12-13,15-17H2,1-3H3,(H,27,28)/t21-,22+/m1/s1. The highest BCUT2D eigenvalue weighted by molar-refractivity contribution is 6.76. The van der Waals surface area contributed by atoms with Gasteiger partial charge in [0.2, 0.25) is 0 Å². The lowest BCUT2D eigenvalue weighted by Gasteiger charge is -2.32. The van der Waals surface area contributed by atoms with Gasteiger partial charge in [-0.25, -0.2) is 9.18 Å². The Balaban J connectivity index is 1.85. The lowest BCUT2D eigenvalue weighted by Crippen LogP contribution is -2.45. The molecule has 0 unspecified atom stereocenters. The summed E-state index contributed by atoms with van der Waals surface area (Å²) >= 11 is 0. The second-order valence-corrected chi connectivity index (χ2v) is 14.8. The third-order valence-electron chi connectivity index (χ3n) is 5.64. The maximum atomic E-state index is 13.9. The molecule has 0 bridgehead atoms. The van der Waals surface area contributed by atoms with Crippen LogP contribution in [0.2, 0.25) is 25.7 Å². The molecule has 1 N–H and O–H groups in total. The van der Waals surface area contributed by atoms with Crippen molar-refractivity contribution in [1.29, 1.82) is 0 Å². The Kier molecular flexibility index (Phi) is 6.75. The van der Waals surface area contributed by atoms with Gasteiger partial charge in [-0.15, -0.1) is 0 Å². The summed E-state index contributed by atoms with van der Waals surface area (Å²) in [5, 5.41) is 9.97. The Morgan fingerprint density at radius 3 is 2.48 bits per heavy atom. The van der Waals surface area contributed by atoms with Gasteiger partial charge in [0.05, 0.1) is 6.04 Å². The molecule has 1 saturated heterocycles. The van der Waals surface area contributed by atoms with E-state index in [0.29, 0.717) is 13.1 Å². The van der Waals surface area contributed by atoms with E-state index in [0.717, 1.165) is 24.7 Å². The number of carbonyl (C=O) groups is 1. The zero-order valence-corrected chi connectivity index (χ0v) is 18.5. The van der Waals surface area contributed by atoms with Crippen molar-refractivity contribution in [1.82, 2.24) is 9.80 Å². The Labute approximate surface area is 174 Å². The summed E-state index contributed by atoms with van der Waals surface area (Å²) in [6.45, 7) is 9.47. The average Bonchev–Trinajstić information content (AvgIpc) is 3.05. The molecule has 3 rings (SSSR count). The molecule has 1 heterocycles. The monoisotopic (exact) mass is 414 g/mol. The zero-order chi connectivity index (χ0) is 21.0. The van der Waals surface area contributed by atoms with E-state index in [4.69, 9.17) is 0 Å². The van der Waals surface area contributed by atoms with Crippen LogP contribution < -0.4 is 0 Å². The van der Waals surface area contributed by atoms with Crippen molar-refractivity contribution in [3.05, 3.63) is 71.5 Å². The SMILES string of the molecule is C[Si](C)(C)CCN(C(=O)O)[C@H]1CN(Cc2ccccc2)C[C@@H]1c1cccc(F)c1. The van der Waals surface area contributed by atoms with Crippen molar-refractivity contribution in [2.45, 2.75) is 44.2 Å². The van der Waals surface area contributed by atoms with Gasteiger partial charge in [-0.2, -0.15) is 0 Å². The molecule has 0 aromatic heterocycles. The fourth-order valence-corrected chi connectivity index (χ4v) is 4.99. The quantitative estimate of drug-likeness (QED) is 0.640. The molecule has 1 amide bonds. The van der Waals surface area contributed by atoms with Crippen molar-refractivity contribution in [3.63, 3.8) is 0 Å². The van der Waals surface area contributed by atoms with Gasteiger partial charge in [-0.3, -0.25) is 4.90 Å². The van der Waals surface area contributed by atoms with Crippen molar-refractivity contribution in [2.24, 2.45) is 0 Å². The summed E-state index contributed by atoms with van der Waals surface area (Å²) in [6, 6.07) is 17.6. The van der Waals surface area contributed by atoms with Crippen LogP contribution in [0.5, 0.6) is 0 Å². The van der Waals surface area contributed by atoms with Crippen LogP contribution in [0.25, 0.3) is 0 Å². The average molecular weight is 415 g/mol. The summed E-state index contributed by atoms with van der Waals surface area (Å²) < 4.78 is 13.9. The van der Waals surface area contributed by atoms with E-state index >= 15 is 0 Å². The lowest BCUT2D eigenvalue weighted by molar-refractivity contribution is 0.124. The minimum atomic E-state index is -1.38. The van der Waals surface area contributed by atoms with Gasteiger partial charge in [0.15, 0.2) is 0 Å². The summed E-state index contributed by atoms with van der Waals surface area (Å²) in [5.41, 5.74) is 2.08. The number of rotatable bonds is 7. The molecule has 1 fully saturated rings. The molecule has 0 spiro atoms. The smallest absolute Gasteiger partial charge is 0.407 e. The van der Waals surface area contributed by atoms with Crippen LogP contribution in [-0.4, -0.2) is 54.7 Å².